The first kappa shape index (κ1) is 20.4. The van der Waals surface area contributed by atoms with Crippen LogP contribution in [0, 0.1) is 0 Å². The molecule has 0 saturated carbocycles. The molecule has 0 unspecified atom stereocenters. The maximum absolute atomic E-state index is 11.3. The van der Waals surface area contributed by atoms with Crippen molar-refractivity contribution in [3.8, 4) is 0 Å². The average Bonchev–Trinajstić information content (AvgIpc) is 2.80. The highest BCUT2D eigenvalue weighted by Crippen LogP contribution is 2.32. The van der Waals surface area contributed by atoms with E-state index in [1.165, 1.54) is 0 Å². The lowest BCUT2D eigenvalue weighted by Gasteiger charge is -2.31. The monoisotopic (exact) mass is 407 g/mol. The van der Waals surface area contributed by atoms with E-state index in [2.05, 4.69) is 18.2 Å². The molecule has 30 heavy (non-hydrogen) atoms. The number of carbonyl (C=O) groups excluding carboxylic acids is 1. The summed E-state index contributed by atoms with van der Waals surface area (Å²) in [5.74, 6) is 2.70. The number of rotatable bonds is 6. The number of aryl methyl sites for hydroxylation is 1. The van der Waals surface area contributed by atoms with E-state index in [1.807, 2.05) is 29.0 Å². The van der Waals surface area contributed by atoms with E-state index in [1.54, 1.807) is 14.2 Å². The Hall–Kier alpha value is -2.83. The number of hydrogen-bond acceptors (Lipinski definition) is 7. The van der Waals surface area contributed by atoms with Crippen molar-refractivity contribution in [2.75, 3.05) is 34.0 Å². The number of aliphatic imine (C=N–C) groups is 1. The molecule has 0 amide bonds. The molecular formula is C23H25N3O4. The molecule has 0 atom stereocenters. The fourth-order valence-electron chi connectivity index (χ4n) is 3.86. The van der Waals surface area contributed by atoms with Crippen LogP contribution in [0.25, 0.3) is 0 Å². The van der Waals surface area contributed by atoms with Crippen LogP contribution in [0.1, 0.15) is 35.1 Å². The van der Waals surface area contributed by atoms with Crippen molar-refractivity contribution in [2.45, 2.75) is 25.7 Å². The number of benzene rings is 1. The second kappa shape index (κ2) is 9.32. The topological polar surface area (TPSA) is 73.2 Å². The van der Waals surface area contributed by atoms with Gasteiger partial charge in [-0.2, -0.15) is 0 Å². The molecule has 2 aromatic rings. The predicted octanol–water partition coefficient (Wildman–Crippen LogP) is 2.99. The fraction of sp³-hybridized carbons (Fsp3) is 0.391. The Morgan fingerprint density at radius 1 is 1.20 bits per heavy atom. The number of nitrogens with zero attached hydrogens (tertiary/aromatic N) is 3. The summed E-state index contributed by atoms with van der Waals surface area (Å²) in [7, 11) is 3.17. The molecule has 3 heterocycles. The maximum atomic E-state index is 11.3. The molecule has 7 nitrogen and oxygen atoms in total. The van der Waals surface area contributed by atoms with Crippen molar-refractivity contribution in [3.63, 3.8) is 0 Å². The molecule has 1 fully saturated rings. The number of fused-ring (bicyclic) bond motifs is 1. The van der Waals surface area contributed by atoms with Crippen molar-refractivity contribution in [1.29, 1.82) is 0 Å². The van der Waals surface area contributed by atoms with Crippen LogP contribution in [0.2, 0.25) is 0 Å². The Balaban J connectivity index is 1.73. The van der Waals surface area contributed by atoms with Crippen molar-refractivity contribution < 1.29 is 19.0 Å². The Kier molecular flexibility index (Phi) is 6.35. The number of aromatic nitrogens is 1. The normalized spacial score (nSPS) is 16.3. The highest BCUT2D eigenvalue weighted by Gasteiger charge is 2.25. The van der Waals surface area contributed by atoms with Gasteiger partial charge in [0.1, 0.15) is 17.3 Å². The maximum Gasteiger partial charge on any atom is 0.200 e. The van der Waals surface area contributed by atoms with Gasteiger partial charge in [-0.3, -0.25) is 0 Å². The molecular weight excluding hydrogens is 382 g/mol. The van der Waals surface area contributed by atoms with Gasteiger partial charge in [0.05, 0.1) is 18.9 Å². The van der Waals surface area contributed by atoms with E-state index in [0.717, 1.165) is 35.2 Å². The number of pyridine rings is 1. The van der Waals surface area contributed by atoms with Gasteiger partial charge in [-0.15, -0.1) is 0 Å². The Bertz CT molecular complexity index is 979. The number of ether oxygens (including phenoxy) is 3. The molecule has 0 bridgehead atoms. The third kappa shape index (κ3) is 4.20. The predicted molar refractivity (Wildman–Crippen MR) is 112 cm³/mol. The van der Waals surface area contributed by atoms with Gasteiger partial charge in [-0.25, -0.2) is 14.8 Å². The van der Waals surface area contributed by atoms with Gasteiger partial charge < -0.3 is 19.1 Å². The van der Waals surface area contributed by atoms with Gasteiger partial charge in [0.2, 0.25) is 6.29 Å². The molecule has 1 aromatic heterocycles. The third-order valence-electron chi connectivity index (χ3n) is 5.43. The second-order valence-corrected chi connectivity index (χ2v) is 7.27. The smallest absolute Gasteiger partial charge is 0.200 e. The lowest BCUT2D eigenvalue weighted by molar-refractivity contribution is -0.109. The Morgan fingerprint density at radius 2 is 2.00 bits per heavy atom. The van der Waals surface area contributed by atoms with Crippen LogP contribution in [0.15, 0.2) is 47.1 Å². The standard InChI is InChI=1S/C23H25N3O4/c1-28-23(29-2)21-18(13-26-10-11-30-15-19(26)14-27)12-17-8-9-20(24-22(17)25-21)16-6-4-3-5-7-16/h3-7,12,23H,8-11,13,15H2,1-2H3. The zero-order valence-electron chi connectivity index (χ0n) is 17.3. The van der Waals surface area contributed by atoms with E-state index in [9.17, 15) is 4.79 Å². The van der Waals surface area contributed by atoms with E-state index in [4.69, 9.17) is 24.2 Å². The molecule has 2 aliphatic heterocycles. The lowest BCUT2D eigenvalue weighted by Crippen LogP contribution is -2.35. The molecule has 0 aliphatic carbocycles. The summed E-state index contributed by atoms with van der Waals surface area (Å²) in [6.07, 6.45) is 1.09. The molecule has 156 valence electrons. The SMILES string of the molecule is COC(OC)c1nc2c(cc1CN1CCOCC1=C=O)CCC(c1ccccc1)=N2. The first-order valence-electron chi connectivity index (χ1n) is 10.0. The molecule has 0 radical (unpaired) electrons. The van der Waals surface area contributed by atoms with E-state index < -0.39 is 6.29 Å². The summed E-state index contributed by atoms with van der Waals surface area (Å²) in [6.45, 7) is 1.99. The van der Waals surface area contributed by atoms with Crippen LogP contribution in [0.5, 0.6) is 0 Å². The quantitative estimate of drug-likeness (QED) is 0.541. The summed E-state index contributed by atoms with van der Waals surface area (Å²) in [4.78, 5) is 23.0. The van der Waals surface area contributed by atoms with Gasteiger partial charge in [0, 0.05) is 27.3 Å². The van der Waals surface area contributed by atoms with Crippen LogP contribution in [-0.2, 0) is 32.0 Å². The van der Waals surface area contributed by atoms with E-state index in [0.29, 0.717) is 36.9 Å². The number of methoxy groups -OCH3 is 2. The molecule has 2 aliphatic rings. The molecule has 1 aromatic carbocycles. The third-order valence-corrected chi connectivity index (χ3v) is 5.43. The Labute approximate surface area is 176 Å². The minimum atomic E-state index is -0.618. The average molecular weight is 407 g/mol. The summed E-state index contributed by atoms with van der Waals surface area (Å²) >= 11 is 0. The molecule has 0 spiro atoms. The van der Waals surface area contributed by atoms with Crippen LogP contribution in [0.3, 0.4) is 0 Å². The van der Waals surface area contributed by atoms with Gasteiger partial charge >= 0.3 is 0 Å². The fourth-order valence-corrected chi connectivity index (χ4v) is 3.86. The van der Waals surface area contributed by atoms with Gasteiger partial charge in [-0.1, -0.05) is 30.3 Å². The summed E-state index contributed by atoms with van der Waals surface area (Å²) in [6, 6.07) is 12.3. The van der Waals surface area contributed by atoms with Gasteiger partial charge in [-0.05, 0) is 35.6 Å². The molecule has 0 N–H and O–H groups in total. The Morgan fingerprint density at radius 3 is 2.73 bits per heavy atom. The highest BCUT2D eigenvalue weighted by atomic mass is 16.7. The first-order valence-corrected chi connectivity index (χ1v) is 10.0. The van der Waals surface area contributed by atoms with E-state index in [-0.39, 0.29) is 6.61 Å². The van der Waals surface area contributed by atoms with Crippen LogP contribution < -0.4 is 0 Å². The van der Waals surface area contributed by atoms with Crippen molar-refractivity contribution in [2.24, 2.45) is 4.99 Å². The zero-order valence-corrected chi connectivity index (χ0v) is 17.3. The number of hydrogen-bond donors (Lipinski definition) is 0. The minimum Gasteiger partial charge on any atom is -0.373 e. The highest BCUT2D eigenvalue weighted by molar-refractivity contribution is 6.03. The number of morpholine rings is 1. The molecule has 1 saturated heterocycles. The minimum absolute atomic E-state index is 0.278. The zero-order chi connectivity index (χ0) is 20.9. The van der Waals surface area contributed by atoms with Gasteiger partial charge in [0.25, 0.3) is 0 Å². The van der Waals surface area contributed by atoms with E-state index >= 15 is 0 Å². The molecule has 7 heteroatoms. The largest absolute Gasteiger partial charge is 0.373 e. The molecule has 4 rings (SSSR count). The van der Waals surface area contributed by atoms with Crippen molar-refractivity contribution >= 4 is 17.5 Å². The van der Waals surface area contributed by atoms with Crippen LogP contribution in [-0.4, -0.2) is 55.5 Å². The summed E-state index contributed by atoms with van der Waals surface area (Å²) in [5, 5.41) is 0. The van der Waals surface area contributed by atoms with Crippen LogP contribution in [0.4, 0.5) is 5.82 Å². The van der Waals surface area contributed by atoms with Gasteiger partial charge in [0.15, 0.2) is 5.82 Å². The lowest BCUT2D eigenvalue weighted by atomic mass is 9.97. The van der Waals surface area contributed by atoms with Crippen molar-refractivity contribution in [1.82, 2.24) is 9.88 Å². The summed E-state index contributed by atoms with van der Waals surface area (Å²) < 4.78 is 16.4. The second-order valence-electron chi connectivity index (χ2n) is 7.27. The van der Waals surface area contributed by atoms with Crippen molar-refractivity contribution in [3.05, 3.63) is 64.5 Å². The summed E-state index contributed by atoms with van der Waals surface area (Å²) in [5.41, 5.74) is 5.37. The van der Waals surface area contributed by atoms with Crippen LogP contribution >= 0.6 is 0 Å². The first-order chi connectivity index (χ1) is 14.7.